The summed E-state index contributed by atoms with van der Waals surface area (Å²) in [6.45, 7) is 1.49. The summed E-state index contributed by atoms with van der Waals surface area (Å²) in [6, 6.07) is 4.03. The largest absolute Gasteiger partial charge is 0.453 e. The first kappa shape index (κ1) is 14.1. The molecule has 0 saturated heterocycles. The Balaban J connectivity index is 2.45. The fourth-order valence-electron chi connectivity index (χ4n) is 1.50. The monoisotopic (exact) mass is 285 g/mol. The van der Waals surface area contributed by atoms with Crippen molar-refractivity contribution in [3.8, 4) is 17.1 Å². The topological polar surface area (TPSA) is 52.3 Å². The third-order valence-electron chi connectivity index (χ3n) is 2.43. The number of ether oxygens (including phenoxy) is 1. The second-order valence-corrected chi connectivity index (χ2v) is 3.87. The maximum absolute atomic E-state index is 12.8. The number of nitrogens with zero attached hydrogens (tertiary/aromatic N) is 1. The molecular formula is C13H10F3NO3. The van der Waals surface area contributed by atoms with Gasteiger partial charge in [0.1, 0.15) is 5.76 Å². The van der Waals surface area contributed by atoms with Crippen LogP contribution in [0.1, 0.15) is 19.1 Å². The van der Waals surface area contributed by atoms with Gasteiger partial charge >= 0.3 is 12.1 Å². The van der Waals surface area contributed by atoms with Gasteiger partial charge in [0.25, 0.3) is 5.76 Å². The van der Waals surface area contributed by atoms with Crippen LogP contribution in [0.3, 0.4) is 0 Å². The van der Waals surface area contributed by atoms with E-state index in [1.807, 2.05) is 0 Å². The molecule has 106 valence electrons. The van der Waals surface area contributed by atoms with Crippen LogP contribution >= 0.6 is 0 Å². The van der Waals surface area contributed by atoms with Gasteiger partial charge in [-0.05, 0) is 12.1 Å². The summed E-state index contributed by atoms with van der Waals surface area (Å²) in [6.07, 6.45) is -1.94. The minimum atomic E-state index is -4.74. The maximum atomic E-state index is 12.8. The van der Waals surface area contributed by atoms with Gasteiger partial charge in [0.2, 0.25) is 0 Å². The molecule has 2 heterocycles. The van der Waals surface area contributed by atoms with Gasteiger partial charge in [-0.25, -0.2) is 0 Å². The van der Waals surface area contributed by atoms with Crippen molar-refractivity contribution < 1.29 is 27.1 Å². The van der Waals surface area contributed by atoms with Gasteiger partial charge in [-0.1, -0.05) is 6.92 Å². The van der Waals surface area contributed by atoms with Crippen molar-refractivity contribution in [1.29, 1.82) is 0 Å². The zero-order valence-corrected chi connectivity index (χ0v) is 10.4. The number of aromatic nitrogens is 1. The fraction of sp³-hybridized carbons (Fsp3) is 0.231. The molecule has 7 heteroatoms. The summed E-state index contributed by atoms with van der Waals surface area (Å²) in [5.74, 6) is -2.77. The highest BCUT2D eigenvalue weighted by molar-refractivity contribution is 5.73. The summed E-state index contributed by atoms with van der Waals surface area (Å²) >= 11 is 0. The number of halogens is 3. The predicted octanol–water partition coefficient (Wildman–Crippen LogP) is 3.68. The SMILES string of the molecule is CCC(=O)Oc1cc(-c2ccncc2)oc1C(F)(F)F. The fourth-order valence-corrected chi connectivity index (χ4v) is 1.50. The highest BCUT2D eigenvalue weighted by atomic mass is 19.4. The first-order valence-corrected chi connectivity index (χ1v) is 5.74. The lowest BCUT2D eigenvalue weighted by molar-refractivity contribution is -0.155. The average Bonchev–Trinajstić information content (AvgIpc) is 2.83. The van der Waals surface area contributed by atoms with Crippen LogP contribution in [0.5, 0.6) is 5.75 Å². The minimum Gasteiger partial charge on any atom is -0.448 e. The first-order chi connectivity index (χ1) is 9.41. The Labute approximate surface area is 112 Å². The molecule has 2 aromatic rings. The van der Waals surface area contributed by atoms with E-state index in [2.05, 4.69) is 9.72 Å². The van der Waals surface area contributed by atoms with Crippen LogP contribution in [0.2, 0.25) is 0 Å². The van der Waals surface area contributed by atoms with E-state index in [-0.39, 0.29) is 12.2 Å². The van der Waals surface area contributed by atoms with Crippen LogP contribution in [0.25, 0.3) is 11.3 Å². The van der Waals surface area contributed by atoms with Crippen LogP contribution in [0.15, 0.2) is 35.0 Å². The van der Waals surface area contributed by atoms with Gasteiger partial charge in [-0.3, -0.25) is 9.78 Å². The molecular weight excluding hydrogens is 275 g/mol. The Morgan fingerprint density at radius 1 is 1.35 bits per heavy atom. The minimum absolute atomic E-state index is 0.0347. The van der Waals surface area contributed by atoms with Crippen molar-refractivity contribution in [3.63, 3.8) is 0 Å². The number of pyridine rings is 1. The second kappa shape index (κ2) is 5.36. The van der Waals surface area contributed by atoms with Crippen molar-refractivity contribution in [2.75, 3.05) is 0 Å². The third-order valence-corrected chi connectivity index (χ3v) is 2.43. The lowest BCUT2D eigenvalue weighted by Crippen LogP contribution is -2.10. The van der Waals surface area contributed by atoms with Gasteiger partial charge in [0.15, 0.2) is 5.75 Å². The summed E-state index contributed by atoms with van der Waals surface area (Å²) in [4.78, 5) is 14.9. The number of alkyl halides is 3. The highest BCUT2D eigenvalue weighted by Gasteiger charge is 2.40. The van der Waals surface area contributed by atoms with Crippen LogP contribution in [-0.2, 0) is 11.0 Å². The molecule has 0 aliphatic carbocycles. The van der Waals surface area contributed by atoms with Gasteiger partial charge in [-0.15, -0.1) is 0 Å². The molecule has 2 rings (SSSR count). The second-order valence-electron chi connectivity index (χ2n) is 3.87. The van der Waals surface area contributed by atoms with E-state index in [4.69, 9.17) is 4.42 Å². The number of esters is 1. The number of carbonyl (C=O) groups excluding carboxylic acids is 1. The van der Waals surface area contributed by atoms with Gasteiger partial charge in [0.05, 0.1) is 0 Å². The molecule has 0 fully saturated rings. The number of furan rings is 1. The van der Waals surface area contributed by atoms with E-state index in [0.29, 0.717) is 5.56 Å². The number of hydrogen-bond acceptors (Lipinski definition) is 4. The van der Waals surface area contributed by atoms with E-state index in [9.17, 15) is 18.0 Å². The number of carbonyl (C=O) groups is 1. The Hall–Kier alpha value is -2.31. The Morgan fingerprint density at radius 3 is 2.55 bits per heavy atom. The van der Waals surface area contributed by atoms with Crippen molar-refractivity contribution in [2.45, 2.75) is 19.5 Å². The molecule has 0 aliphatic heterocycles. The normalized spacial score (nSPS) is 11.4. The summed E-state index contributed by atoms with van der Waals surface area (Å²) in [5.41, 5.74) is 0.407. The molecule has 0 radical (unpaired) electrons. The molecule has 0 aliphatic rings. The quantitative estimate of drug-likeness (QED) is 0.807. The molecule has 0 atom stereocenters. The summed E-state index contributed by atoms with van der Waals surface area (Å²) in [7, 11) is 0. The van der Waals surface area contributed by atoms with E-state index >= 15 is 0 Å². The number of rotatable bonds is 3. The first-order valence-electron chi connectivity index (χ1n) is 5.74. The zero-order valence-electron chi connectivity index (χ0n) is 10.4. The Kier molecular flexibility index (Phi) is 3.78. The highest BCUT2D eigenvalue weighted by Crippen LogP contribution is 2.41. The lowest BCUT2D eigenvalue weighted by atomic mass is 10.2. The van der Waals surface area contributed by atoms with E-state index in [1.54, 1.807) is 0 Å². The molecule has 20 heavy (non-hydrogen) atoms. The molecule has 0 aromatic carbocycles. The standard InChI is InChI=1S/C13H10F3NO3/c1-2-11(18)19-10-7-9(8-3-5-17-6-4-8)20-12(10)13(14,15)16/h3-7H,2H2,1H3. The number of hydrogen-bond donors (Lipinski definition) is 0. The third kappa shape index (κ3) is 2.98. The van der Waals surface area contributed by atoms with Gasteiger partial charge in [-0.2, -0.15) is 13.2 Å². The van der Waals surface area contributed by atoms with Gasteiger partial charge in [0, 0.05) is 30.4 Å². The van der Waals surface area contributed by atoms with Gasteiger partial charge < -0.3 is 9.15 Å². The molecule has 0 bridgehead atoms. The molecule has 0 spiro atoms. The smallest absolute Gasteiger partial charge is 0.448 e. The van der Waals surface area contributed by atoms with Crippen LogP contribution in [0.4, 0.5) is 13.2 Å². The van der Waals surface area contributed by atoms with Crippen molar-refractivity contribution in [2.24, 2.45) is 0 Å². The van der Waals surface area contributed by atoms with Crippen molar-refractivity contribution in [3.05, 3.63) is 36.4 Å². The predicted molar refractivity (Wildman–Crippen MR) is 62.9 cm³/mol. The molecule has 0 unspecified atom stereocenters. The molecule has 4 nitrogen and oxygen atoms in total. The van der Waals surface area contributed by atoms with Crippen LogP contribution < -0.4 is 4.74 Å². The molecule has 2 aromatic heterocycles. The van der Waals surface area contributed by atoms with Crippen molar-refractivity contribution >= 4 is 5.97 Å². The molecule has 0 amide bonds. The van der Waals surface area contributed by atoms with Crippen LogP contribution in [0, 0.1) is 0 Å². The van der Waals surface area contributed by atoms with E-state index < -0.39 is 23.7 Å². The van der Waals surface area contributed by atoms with E-state index in [0.717, 1.165) is 6.07 Å². The average molecular weight is 285 g/mol. The lowest BCUT2D eigenvalue weighted by Gasteiger charge is -2.05. The summed E-state index contributed by atoms with van der Waals surface area (Å²) < 4.78 is 47.9. The zero-order chi connectivity index (χ0) is 14.8. The maximum Gasteiger partial charge on any atom is 0.453 e. The summed E-state index contributed by atoms with van der Waals surface area (Å²) in [5, 5.41) is 0. The Bertz CT molecular complexity index is 605. The van der Waals surface area contributed by atoms with E-state index in [1.165, 1.54) is 31.5 Å². The van der Waals surface area contributed by atoms with Crippen LogP contribution in [-0.4, -0.2) is 11.0 Å². The Morgan fingerprint density at radius 2 is 2.00 bits per heavy atom. The molecule has 0 saturated carbocycles. The molecule has 0 N–H and O–H groups in total. The van der Waals surface area contributed by atoms with Crippen molar-refractivity contribution in [1.82, 2.24) is 4.98 Å².